The van der Waals surface area contributed by atoms with Crippen LogP contribution in [0, 0.1) is 5.92 Å². The quantitative estimate of drug-likeness (QED) is 0.697. The molecule has 1 heterocycles. The first-order valence-corrected chi connectivity index (χ1v) is 5.59. The van der Waals surface area contributed by atoms with Crippen LogP contribution in [0.15, 0.2) is 0 Å². The third kappa shape index (κ3) is 2.64. The van der Waals surface area contributed by atoms with Crippen LogP contribution in [0.1, 0.15) is 20.8 Å². The predicted molar refractivity (Wildman–Crippen MR) is 54.6 cm³/mol. The fourth-order valence-corrected chi connectivity index (χ4v) is 2.57. The maximum absolute atomic E-state index is 9.54. The Hall–Kier alpha value is 0.270. The highest BCUT2D eigenvalue weighted by molar-refractivity contribution is 8.00. The van der Waals surface area contributed by atoms with Gasteiger partial charge in [0.05, 0.1) is 6.10 Å². The fraction of sp³-hybridized carbons (Fsp3) is 1.00. The number of rotatable bonds is 3. The lowest BCUT2D eigenvalue weighted by atomic mass is 10.2. The molecule has 0 radical (unpaired) electrons. The molecule has 0 bridgehead atoms. The van der Waals surface area contributed by atoms with E-state index < -0.39 is 0 Å². The highest BCUT2D eigenvalue weighted by atomic mass is 32.2. The lowest BCUT2D eigenvalue weighted by molar-refractivity contribution is 0.201. The highest BCUT2D eigenvalue weighted by Gasteiger charge is 2.27. The largest absolute Gasteiger partial charge is 0.391 e. The van der Waals surface area contributed by atoms with Gasteiger partial charge in [-0.3, -0.25) is 0 Å². The lowest BCUT2D eigenvalue weighted by Gasteiger charge is -2.21. The number of hydrogen-bond acceptors (Lipinski definition) is 3. The Bertz CT molecular complexity index is 140. The molecule has 72 valence electrons. The van der Waals surface area contributed by atoms with Crippen LogP contribution in [-0.2, 0) is 0 Å². The van der Waals surface area contributed by atoms with Crippen molar-refractivity contribution in [1.82, 2.24) is 5.32 Å². The van der Waals surface area contributed by atoms with Crippen LogP contribution in [0.5, 0.6) is 0 Å². The summed E-state index contributed by atoms with van der Waals surface area (Å²) in [5, 5.41) is 13.8. The van der Waals surface area contributed by atoms with Gasteiger partial charge in [0.1, 0.15) is 0 Å². The van der Waals surface area contributed by atoms with E-state index in [2.05, 4.69) is 26.1 Å². The van der Waals surface area contributed by atoms with Crippen molar-refractivity contribution in [3.63, 3.8) is 0 Å². The normalized spacial score (nSPS) is 32.8. The summed E-state index contributed by atoms with van der Waals surface area (Å²) in [5.41, 5.74) is 0. The molecule has 3 unspecified atom stereocenters. The Balaban J connectivity index is 2.30. The first-order chi connectivity index (χ1) is 5.61. The second-order valence-corrected chi connectivity index (χ2v) is 5.47. The van der Waals surface area contributed by atoms with Gasteiger partial charge in [0.15, 0.2) is 0 Å². The maximum Gasteiger partial charge on any atom is 0.0795 e. The van der Waals surface area contributed by atoms with E-state index >= 15 is 0 Å². The summed E-state index contributed by atoms with van der Waals surface area (Å²) >= 11 is 1.91. The summed E-state index contributed by atoms with van der Waals surface area (Å²) in [4.78, 5) is 0. The van der Waals surface area contributed by atoms with E-state index in [1.807, 2.05) is 11.8 Å². The third-order valence-corrected chi connectivity index (χ3v) is 4.26. The van der Waals surface area contributed by atoms with Crippen LogP contribution in [0.3, 0.4) is 0 Å². The van der Waals surface area contributed by atoms with E-state index in [0.29, 0.717) is 16.4 Å². The zero-order chi connectivity index (χ0) is 9.14. The zero-order valence-corrected chi connectivity index (χ0v) is 8.90. The smallest absolute Gasteiger partial charge is 0.0795 e. The van der Waals surface area contributed by atoms with Crippen molar-refractivity contribution in [3.8, 4) is 0 Å². The van der Waals surface area contributed by atoms with Crippen molar-refractivity contribution < 1.29 is 5.11 Å². The van der Waals surface area contributed by atoms with Gasteiger partial charge in [-0.2, -0.15) is 11.8 Å². The Labute approximate surface area is 79.1 Å². The summed E-state index contributed by atoms with van der Waals surface area (Å²) < 4.78 is 0. The number of nitrogens with one attached hydrogen (secondary N) is 1. The van der Waals surface area contributed by atoms with E-state index in [1.165, 1.54) is 0 Å². The van der Waals surface area contributed by atoms with Crippen molar-refractivity contribution in [2.24, 2.45) is 5.92 Å². The van der Waals surface area contributed by atoms with Crippen LogP contribution < -0.4 is 5.32 Å². The van der Waals surface area contributed by atoms with Crippen LogP contribution >= 0.6 is 11.8 Å². The molecule has 1 aliphatic rings. The summed E-state index contributed by atoms with van der Waals surface area (Å²) in [6.45, 7) is 8.42. The first kappa shape index (κ1) is 10.4. The van der Waals surface area contributed by atoms with Crippen LogP contribution in [0.4, 0.5) is 0 Å². The average Bonchev–Trinajstić information content (AvgIpc) is 2.36. The van der Waals surface area contributed by atoms with Gasteiger partial charge in [0.25, 0.3) is 0 Å². The monoisotopic (exact) mass is 189 g/mol. The van der Waals surface area contributed by atoms with Gasteiger partial charge in [0, 0.05) is 23.6 Å². The van der Waals surface area contributed by atoms with Gasteiger partial charge < -0.3 is 10.4 Å². The first-order valence-electron chi connectivity index (χ1n) is 4.65. The molecule has 0 amide bonds. The molecule has 0 saturated carbocycles. The average molecular weight is 189 g/mol. The molecular formula is C9H19NOS. The molecule has 0 aromatic carbocycles. The summed E-state index contributed by atoms with van der Waals surface area (Å²) in [5.74, 6) is 0.697. The molecule has 3 heteroatoms. The predicted octanol–water partition coefficient (Wildman–Crippen LogP) is 1.10. The molecule has 0 aliphatic carbocycles. The van der Waals surface area contributed by atoms with Crippen LogP contribution in [-0.4, -0.2) is 34.8 Å². The standard InChI is InChI=1S/C9H19NOS/c1-6(2)7(3)12-9-5-10-4-8(9)11/h6-11H,4-5H2,1-3H3. The highest BCUT2D eigenvalue weighted by Crippen LogP contribution is 2.27. The van der Waals surface area contributed by atoms with E-state index in [-0.39, 0.29) is 6.10 Å². The second kappa shape index (κ2) is 4.49. The Kier molecular flexibility index (Phi) is 3.87. The summed E-state index contributed by atoms with van der Waals surface area (Å²) in [7, 11) is 0. The van der Waals surface area contributed by atoms with E-state index in [4.69, 9.17) is 0 Å². The van der Waals surface area contributed by atoms with Crippen molar-refractivity contribution >= 4 is 11.8 Å². The molecule has 1 fully saturated rings. The van der Waals surface area contributed by atoms with E-state index in [9.17, 15) is 5.11 Å². The molecule has 1 saturated heterocycles. The van der Waals surface area contributed by atoms with Gasteiger partial charge in [-0.1, -0.05) is 20.8 Å². The Morgan fingerprint density at radius 1 is 1.33 bits per heavy atom. The maximum atomic E-state index is 9.54. The number of aliphatic hydroxyl groups is 1. The van der Waals surface area contributed by atoms with Gasteiger partial charge in [0.2, 0.25) is 0 Å². The summed E-state index contributed by atoms with van der Waals surface area (Å²) in [6, 6.07) is 0. The minimum absolute atomic E-state index is 0.142. The van der Waals surface area contributed by atoms with Crippen molar-refractivity contribution in [2.75, 3.05) is 13.1 Å². The molecule has 0 spiro atoms. The number of thioether (sulfide) groups is 1. The number of aliphatic hydroxyl groups excluding tert-OH is 1. The molecule has 1 aliphatic heterocycles. The number of β-amino-alcohol motifs (C(OH)–C–C–N with tert-alkyl or cyclic N) is 1. The molecule has 1 rings (SSSR count). The molecule has 2 N–H and O–H groups in total. The van der Waals surface area contributed by atoms with Crippen LogP contribution in [0.25, 0.3) is 0 Å². The molecule has 2 nitrogen and oxygen atoms in total. The Morgan fingerprint density at radius 3 is 2.42 bits per heavy atom. The minimum atomic E-state index is -0.142. The molecule has 0 aromatic heterocycles. The van der Waals surface area contributed by atoms with Crippen molar-refractivity contribution in [2.45, 2.75) is 37.4 Å². The zero-order valence-electron chi connectivity index (χ0n) is 8.08. The van der Waals surface area contributed by atoms with Gasteiger partial charge in [-0.05, 0) is 5.92 Å². The topological polar surface area (TPSA) is 32.3 Å². The molecule has 12 heavy (non-hydrogen) atoms. The number of hydrogen-bond donors (Lipinski definition) is 2. The second-order valence-electron chi connectivity index (χ2n) is 3.85. The van der Waals surface area contributed by atoms with Gasteiger partial charge in [-0.15, -0.1) is 0 Å². The molecular weight excluding hydrogens is 170 g/mol. The van der Waals surface area contributed by atoms with Crippen LogP contribution in [0.2, 0.25) is 0 Å². The molecule has 3 atom stereocenters. The minimum Gasteiger partial charge on any atom is -0.391 e. The van der Waals surface area contributed by atoms with Crippen molar-refractivity contribution in [3.05, 3.63) is 0 Å². The lowest BCUT2D eigenvalue weighted by Crippen LogP contribution is -2.24. The Morgan fingerprint density at radius 2 is 2.00 bits per heavy atom. The van der Waals surface area contributed by atoms with Gasteiger partial charge >= 0.3 is 0 Å². The SMILES string of the molecule is CC(C)C(C)SC1CNCC1O. The van der Waals surface area contributed by atoms with E-state index in [0.717, 1.165) is 13.1 Å². The van der Waals surface area contributed by atoms with Gasteiger partial charge in [-0.25, -0.2) is 0 Å². The molecule has 0 aromatic rings. The van der Waals surface area contributed by atoms with E-state index in [1.54, 1.807) is 0 Å². The fourth-order valence-electron chi connectivity index (χ4n) is 1.21. The third-order valence-electron chi connectivity index (χ3n) is 2.46. The van der Waals surface area contributed by atoms with Crippen molar-refractivity contribution in [1.29, 1.82) is 0 Å². The summed E-state index contributed by atoms with van der Waals surface area (Å²) in [6.07, 6.45) is -0.142.